The van der Waals surface area contributed by atoms with Crippen LogP contribution in [0.5, 0.6) is 0 Å². The maximum Gasteiger partial charge on any atom is 0.243 e. The maximum absolute atomic E-state index is 13.5. The van der Waals surface area contributed by atoms with E-state index < -0.39 is 10.0 Å². The van der Waals surface area contributed by atoms with Gasteiger partial charge in [-0.3, -0.25) is 4.79 Å². The van der Waals surface area contributed by atoms with Gasteiger partial charge in [-0.05, 0) is 48.9 Å². The lowest BCUT2D eigenvalue weighted by Gasteiger charge is -2.37. The molecule has 1 amide bonds. The molecule has 0 spiro atoms. The van der Waals surface area contributed by atoms with Crippen molar-refractivity contribution in [3.05, 3.63) is 95.0 Å². The van der Waals surface area contributed by atoms with E-state index in [4.69, 9.17) is 11.6 Å². The summed E-state index contributed by atoms with van der Waals surface area (Å²) in [5.41, 5.74) is 2.82. The molecule has 0 bridgehead atoms. The first-order valence-electron chi connectivity index (χ1n) is 11.2. The molecule has 1 heterocycles. The molecule has 3 aromatic carbocycles. The molecule has 0 N–H and O–H groups in total. The highest BCUT2D eigenvalue weighted by molar-refractivity contribution is 7.89. The van der Waals surface area contributed by atoms with Gasteiger partial charge in [0, 0.05) is 43.4 Å². The van der Waals surface area contributed by atoms with Crippen LogP contribution in [0.3, 0.4) is 0 Å². The highest BCUT2D eigenvalue weighted by atomic mass is 35.5. The van der Waals surface area contributed by atoms with E-state index in [1.165, 1.54) is 4.31 Å². The summed E-state index contributed by atoms with van der Waals surface area (Å²) in [5.74, 6) is -0.203. The number of piperazine rings is 1. The number of anilines is 1. The Kier molecular flexibility index (Phi) is 7.56. The van der Waals surface area contributed by atoms with Gasteiger partial charge in [0.05, 0.1) is 11.4 Å². The van der Waals surface area contributed by atoms with Crippen molar-refractivity contribution in [1.82, 2.24) is 9.21 Å². The van der Waals surface area contributed by atoms with Crippen molar-refractivity contribution in [2.75, 3.05) is 37.6 Å². The van der Waals surface area contributed by atoms with Crippen molar-refractivity contribution in [1.29, 1.82) is 0 Å². The molecule has 1 fully saturated rings. The van der Waals surface area contributed by atoms with Crippen LogP contribution >= 0.6 is 11.6 Å². The second-order valence-corrected chi connectivity index (χ2v) is 10.8. The van der Waals surface area contributed by atoms with E-state index >= 15 is 0 Å². The molecule has 8 heteroatoms. The van der Waals surface area contributed by atoms with E-state index in [9.17, 15) is 13.2 Å². The van der Waals surface area contributed by atoms with Gasteiger partial charge in [0.1, 0.15) is 0 Å². The number of carbonyl (C=O) groups is 1. The highest BCUT2D eigenvalue weighted by Gasteiger charge is 2.30. The van der Waals surface area contributed by atoms with E-state index in [2.05, 4.69) is 17.0 Å². The average Bonchev–Trinajstić information content (AvgIpc) is 2.84. The lowest BCUT2D eigenvalue weighted by Crippen LogP contribution is -2.51. The Morgan fingerprint density at radius 1 is 0.912 bits per heavy atom. The molecule has 6 nitrogen and oxygen atoms in total. The Balaban J connectivity index is 1.51. The van der Waals surface area contributed by atoms with Crippen LogP contribution < -0.4 is 4.90 Å². The van der Waals surface area contributed by atoms with Gasteiger partial charge < -0.3 is 9.80 Å². The molecule has 1 aliphatic heterocycles. The lowest BCUT2D eigenvalue weighted by molar-refractivity contribution is -0.131. The summed E-state index contributed by atoms with van der Waals surface area (Å²) in [4.78, 5) is 17.4. The summed E-state index contributed by atoms with van der Waals surface area (Å²) in [5, 5.41) is 0.522. The van der Waals surface area contributed by atoms with Gasteiger partial charge in [0.25, 0.3) is 0 Å². The molecule has 1 aliphatic rings. The SMILES string of the molecule is Cc1ccc(S(=O)(=O)N(CC(=O)N2CCN(c3ccccc3)CC2)Cc2cccc(Cl)c2)cc1. The van der Waals surface area contributed by atoms with Crippen LogP contribution in [0.25, 0.3) is 0 Å². The molecule has 0 saturated carbocycles. The Bertz CT molecular complexity index is 1230. The van der Waals surface area contributed by atoms with Crippen molar-refractivity contribution in [3.8, 4) is 0 Å². The molecule has 1 saturated heterocycles. The number of carbonyl (C=O) groups excluding carboxylic acids is 1. The highest BCUT2D eigenvalue weighted by Crippen LogP contribution is 2.22. The van der Waals surface area contributed by atoms with Gasteiger partial charge in [-0.1, -0.05) is 59.6 Å². The zero-order chi connectivity index (χ0) is 24.1. The van der Waals surface area contributed by atoms with Crippen molar-refractivity contribution < 1.29 is 13.2 Å². The average molecular weight is 498 g/mol. The first-order valence-corrected chi connectivity index (χ1v) is 13.0. The van der Waals surface area contributed by atoms with Gasteiger partial charge in [0.2, 0.25) is 15.9 Å². The van der Waals surface area contributed by atoms with Crippen molar-refractivity contribution >= 4 is 33.2 Å². The third-order valence-electron chi connectivity index (χ3n) is 5.97. The monoisotopic (exact) mass is 497 g/mol. The lowest BCUT2D eigenvalue weighted by atomic mass is 10.2. The van der Waals surface area contributed by atoms with E-state index in [1.54, 1.807) is 47.4 Å². The standard InChI is InChI=1S/C26H28ClN3O3S/c1-21-10-12-25(13-11-21)34(32,33)30(19-22-6-5-7-23(27)18-22)20-26(31)29-16-14-28(15-17-29)24-8-3-2-4-9-24/h2-13,18H,14-17,19-20H2,1H3. The Labute approximate surface area is 206 Å². The number of hydrogen-bond acceptors (Lipinski definition) is 4. The van der Waals surface area contributed by atoms with Crippen LogP contribution in [0, 0.1) is 6.92 Å². The van der Waals surface area contributed by atoms with Crippen LogP contribution in [-0.2, 0) is 21.4 Å². The normalized spacial score (nSPS) is 14.4. The smallest absolute Gasteiger partial charge is 0.243 e. The number of amides is 1. The third kappa shape index (κ3) is 5.78. The first-order chi connectivity index (χ1) is 16.3. The number of sulfonamides is 1. The molecule has 178 valence electrons. The van der Waals surface area contributed by atoms with Gasteiger partial charge in [-0.2, -0.15) is 4.31 Å². The van der Waals surface area contributed by atoms with E-state index in [0.29, 0.717) is 31.2 Å². The molecule has 0 aromatic heterocycles. The van der Waals surface area contributed by atoms with Gasteiger partial charge in [0.15, 0.2) is 0 Å². The summed E-state index contributed by atoms with van der Waals surface area (Å²) < 4.78 is 28.2. The van der Waals surface area contributed by atoms with Crippen LogP contribution in [-0.4, -0.2) is 56.3 Å². The van der Waals surface area contributed by atoms with Crippen molar-refractivity contribution in [2.45, 2.75) is 18.4 Å². The number of benzene rings is 3. The van der Waals surface area contributed by atoms with E-state index in [0.717, 1.165) is 16.8 Å². The quantitative estimate of drug-likeness (QED) is 0.491. The molecule has 0 radical (unpaired) electrons. The van der Waals surface area contributed by atoms with Crippen LogP contribution in [0.1, 0.15) is 11.1 Å². The topological polar surface area (TPSA) is 60.9 Å². The number of aryl methyl sites for hydroxylation is 1. The second kappa shape index (κ2) is 10.6. The van der Waals surface area contributed by atoms with E-state index in [-0.39, 0.29) is 23.9 Å². The largest absolute Gasteiger partial charge is 0.368 e. The van der Waals surface area contributed by atoms with Crippen LogP contribution in [0.4, 0.5) is 5.69 Å². The maximum atomic E-state index is 13.5. The fourth-order valence-corrected chi connectivity index (χ4v) is 5.62. The molecule has 0 aliphatic carbocycles. The first kappa shape index (κ1) is 24.3. The molecular weight excluding hydrogens is 470 g/mol. The van der Waals surface area contributed by atoms with Crippen LogP contribution in [0.2, 0.25) is 5.02 Å². The Morgan fingerprint density at radius 2 is 1.59 bits per heavy atom. The van der Waals surface area contributed by atoms with Gasteiger partial charge >= 0.3 is 0 Å². The van der Waals surface area contributed by atoms with E-state index in [1.807, 2.05) is 31.2 Å². The zero-order valence-corrected chi connectivity index (χ0v) is 20.7. The minimum absolute atomic E-state index is 0.0620. The fraction of sp³-hybridized carbons (Fsp3) is 0.269. The van der Waals surface area contributed by atoms with Gasteiger partial charge in [-0.25, -0.2) is 8.42 Å². The summed E-state index contributed by atoms with van der Waals surface area (Å²) in [6, 6.07) is 23.8. The summed E-state index contributed by atoms with van der Waals surface area (Å²) in [6.45, 7) is 4.23. The van der Waals surface area contributed by atoms with Crippen LogP contribution in [0.15, 0.2) is 83.8 Å². The number of nitrogens with zero attached hydrogens (tertiary/aromatic N) is 3. The minimum Gasteiger partial charge on any atom is -0.368 e. The predicted molar refractivity (Wildman–Crippen MR) is 135 cm³/mol. The number of hydrogen-bond donors (Lipinski definition) is 0. The molecular formula is C26H28ClN3O3S. The molecule has 0 unspecified atom stereocenters. The minimum atomic E-state index is -3.88. The number of halogens is 1. The number of rotatable bonds is 7. The number of para-hydroxylation sites is 1. The van der Waals surface area contributed by atoms with Crippen molar-refractivity contribution in [3.63, 3.8) is 0 Å². The molecule has 3 aromatic rings. The van der Waals surface area contributed by atoms with Crippen molar-refractivity contribution in [2.24, 2.45) is 0 Å². The van der Waals surface area contributed by atoms with Gasteiger partial charge in [-0.15, -0.1) is 0 Å². The predicted octanol–water partition coefficient (Wildman–Crippen LogP) is 4.19. The second-order valence-electron chi connectivity index (χ2n) is 8.42. The molecule has 0 atom stereocenters. The molecule has 4 rings (SSSR count). The Hall–Kier alpha value is -2.87. The summed E-state index contributed by atoms with van der Waals surface area (Å²) >= 11 is 6.12. The zero-order valence-electron chi connectivity index (χ0n) is 19.1. The summed E-state index contributed by atoms with van der Waals surface area (Å²) in [6.07, 6.45) is 0. The fourth-order valence-electron chi connectivity index (χ4n) is 4.03. The molecule has 34 heavy (non-hydrogen) atoms. The Morgan fingerprint density at radius 3 is 2.24 bits per heavy atom. The third-order valence-corrected chi connectivity index (χ3v) is 8.01. The summed E-state index contributed by atoms with van der Waals surface area (Å²) in [7, 11) is -3.88.